The summed E-state index contributed by atoms with van der Waals surface area (Å²) in [5.74, 6) is -0.361. The van der Waals surface area contributed by atoms with Crippen LogP contribution < -0.4 is 5.73 Å². The number of hydrogen-bond donors (Lipinski definition) is 1. The molecule has 5 heteroatoms. The molecule has 3 nitrogen and oxygen atoms in total. The van der Waals surface area contributed by atoms with Gasteiger partial charge < -0.3 is 5.73 Å². The van der Waals surface area contributed by atoms with Crippen molar-refractivity contribution in [3.63, 3.8) is 0 Å². The topological polar surface area (TPSA) is 46.3 Å². The summed E-state index contributed by atoms with van der Waals surface area (Å²) in [5.41, 5.74) is 6.10. The summed E-state index contributed by atoms with van der Waals surface area (Å²) in [6.07, 6.45) is 0. The number of nitrogens with two attached hydrogens (primary N) is 1. The van der Waals surface area contributed by atoms with Crippen LogP contribution in [-0.4, -0.2) is 23.9 Å². The number of halogens is 2. The molecule has 0 fully saturated rings. The predicted octanol–water partition coefficient (Wildman–Crippen LogP) is 2.30. The molecule has 0 aromatic heterocycles. The van der Waals surface area contributed by atoms with Crippen LogP contribution in [0.2, 0.25) is 10.0 Å². The molecule has 0 unspecified atom stereocenters. The SMILES string of the molecule is C[C@@H](C(N)=O)N(C)Cc1cccc(Cl)c1Cl. The molecular formula is C11H14Cl2N2O. The van der Waals surface area contributed by atoms with Crippen molar-refractivity contribution in [1.82, 2.24) is 4.90 Å². The second kappa shape index (κ2) is 5.53. The fraction of sp³-hybridized carbons (Fsp3) is 0.364. The minimum absolute atomic E-state index is 0.338. The molecule has 2 N–H and O–H groups in total. The third-order valence-electron chi connectivity index (χ3n) is 2.52. The van der Waals surface area contributed by atoms with Crippen LogP contribution in [-0.2, 0) is 11.3 Å². The van der Waals surface area contributed by atoms with Crippen molar-refractivity contribution in [2.45, 2.75) is 19.5 Å². The Hall–Kier alpha value is -0.770. The fourth-order valence-electron chi connectivity index (χ4n) is 1.29. The van der Waals surface area contributed by atoms with Gasteiger partial charge in [-0.15, -0.1) is 0 Å². The number of primary amides is 1. The maximum Gasteiger partial charge on any atom is 0.234 e. The van der Waals surface area contributed by atoms with Crippen LogP contribution in [0.25, 0.3) is 0 Å². The average molecular weight is 261 g/mol. The summed E-state index contributed by atoms with van der Waals surface area (Å²) in [4.78, 5) is 12.8. The molecule has 0 spiro atoms. The molecule has 0 saturated carbocycles. The molecule has 0 saturated heterocycles. The molecular weight excluding hydrogens is 247 g/mol. The van der Waals surface area contributed by atoms with Gasteiger partial charge in [0.2, 0.25) is 5.91 Å². The molecule has 0 aliphatic carbocycles. The summed E-state index contributed by atoms with van der Waals surface area (Å²) >= 11 is 11.9. The molecule has 1 aromatic rings. The molecule has 0 bridgehead atoms. The predicted molar refractivity (Wildman–Crippen MR) is 66.6 cm³/mol. The van der Waals surface area contributed by atoms with Gasteiger partial charge in [0.25, 0.3) is 0 Å². The van der Waals surface area contributed by atoms with E-state index in [1.165, 1.54) is 0 Å². The van der Waals surface area contributed by atoms with Gasteiger partial charge in [-0.2, -0.15) is 0 Å². The van der Waals surface area contributed by atoms with Gasteiger partial charge in [0, 0.05) is 6.54 Å². The highest BCUT2D eigenvalue weighted by atomic mass is 35.5. The van der Waals surface area contributed by atoms with Gasteiger partial charge in [-0.3, -0.25) is 9.69 Å². The number of hydrogen-bond acceptors (Lipinski definition) is 2. The minimum Gasteiger partial charge on any atom is -0.368 e. The lowest BCUT2D eigenvalue weighted by atomic mass is 10.2. The molecule has 0 heterocycles. The Kier molecular flexibility index (Phi) is 4.59. The first-order chi connectivity index (χ1) is 7.43. The van der Waals surface area contributed by atoms with Gasteiger partial charge in [0.1, 0.15) is 0 Å². The number of amides is 1. The van der Waals surface area contributed by atoms with E-state index in [0.717, 1.165) is 5.56 Å². The summed E-state index contributed by atoms with van der Waals surface area (Å²) in [5, 5.41) is 1.03. The van der Waals surface area contributed by atoms with E-state index in [1.807, 2.05) is 24.1 Å². The number of carbonyl (C=O) groups excluding carboxylic acids is 1. The Balaban J connectivity index is 2.81. The van der Waals surface area contributed by atoms with Crippen molar-refractivity contribution in [2.75, 3.05) is 7.05 Å². The largest absolute Gasteiger partial charge is 0.368 e. The van der Waals surface area contributed by atoms with Gasteiger partial charge in [0.05, 0.1) is 16.1 Å². The first kappa shape index (κ1) is 13.3. The Labute approximate surface area is 105 Å². The molecule has 0 radical (unpaired) electrons. The maximum absolute atomic E-state index is 11.0. The summed E-state index contributed by atoms with van der Waals surface area (Å²) in [6.45, 7) is 2.28. The quantitative estimate of drug-likeness (QED) is 0.903. The summed E-state index contributed by atoms with van der Waals surface area (Å²) in [6, 6.07) is 5.09. The van der Waals surface area contributed by atoms with E-state index in [-0.39, 0.29) is 11.9 Å². The second-order valence-electron chi connectivity index (χ2n) is 3.71. The van der Waals surface area contributed by atoms with Crippen molar-refractivity contribution in [1.29, 1.82) is 0 Å². The zero-order chi connectivity index (χ0) is 12.3. The van der Waals surface area contributed by atoms with E-state index in [0.29, 0.717) is 16.6 Å². The minimum atomic E-state index is -0.361. The van der Waals surface area contributed by atoms with Crippen molar-refractivity contribution >= 4 is 29.1 Å². The molecule has 16 heavy (non-hydrogen) atoms. The van der Waals surface area contributed by atoms with Crippen LogP contribution in [0, 0.1) is 0 Å². The van der Waals surface area contributed by atoms with Gasteiger partial charge in [-0.05, 0) is 25.6 Å². The first-order valence-electron chi connectivity index (χ1n) is 4.86. The Morgan fingerprint density at radius 2 is 2.12 bits per heavy atom. The molecule has 1 aromatic carbocycles. The van der Waals surface area contributed by atoms with Crippen molar-refractivity contribution in [3.05, 3.63) is 33.8 Å². The molecule has 0 aliphatic heterocycles. The van der Waals surface area contributed by atoms with E-state index in [9.17, 15) is 4.79 Å². The molecule has 0 aliphatic rings. The molecule has 1 rings (SSSR count). The van der Waals surface area contributed by atoms with E-state index in [4.69, 9.17) is 28.9 Å². The first-order valence-corrected chi connectivity index (χ1v) is 5.61. The number of carbonyl (C=O) groups is 1. The van der Waals surface area contributed by atoms with E-state index < -0.39 is 0 Å². The van der Waals surface area contributed by atoms with E-state index >= 15 is 0 Å². The van der Waals surface area contributed by atoms with Gasteiger partial charge >= 0.3 is 0 Å². The van der Waals surface area contributed by atoms with Gasteiger partial charge in [-0.1, -0.05) is 35.3 Å². The third kappa shape index (κ3) is 3.11. The van der Waals surface area contributed by atoms with E-state index in [2.05, 4.69) is 0 Å². The van der Waals surface area contributed by atoms with Crippen LogP contribution in [0.1, 0.15) is 12.5 Å². The van der Waals surface area contributed by atoms with Crippen LogP contribution in [0.4, 0.5) is 0 Å². The standard InChI is InChI=1S/C11H14Cl2N2O/c1-7(11(14)16)15(2)6-8-4-3-5-9(12)10(8)13/h3-5,7H,6H2,1-2H3,(H2,14,16)/t7-/m0/s1. The third-order valence-corrected chi connectivity index (χ3v) is 3.38. The van der Waals surface area contributed by atoms with Crippen LogP contribution in [0.5, 0.6) is 0 Å². The van der Waals surface area contributed by atoms with Crippen LogP contribution in [0.3, 0.4) is 0 Å². The van der Waals surface area contributed by atoms with Gasteiger partial charge in [0.15, 0.2) is 0 Å². The normalized spacial score (nSPS) is 12.8. The van der Waals surface area contributed by atoms with Crippen molar-refractivity contribution in [2.24, 2.45) is 5.73 Å². The zero-order valence-electron chi connectivity index (χ0n) is 9.21. The molecule has 88 valence electrons. The fourth-order valence-corrected chi connectivity index (χ4v) is 1.67. The molecule has 1 amide bonds. The van der Waals surface area contributed by atoms with E-state index in [1.54, 1.807) is 13.0 Å². The number of likely N-dealkylation sites (N-methyl/N-ethyl adjacent to an activating group) is 1. The number of rotatable bonds is 4. The summed E-state index contributed by atoms with van der Waals surface area (Å²) < 4.78 is 0. The average Bonchev–Trinajstić information content (AvgIpc) is 2.23. The van der Waals surface area contributed by atoms with Crippen LogP contribution in [0.15, 0.2) is 18.2 Å². The summed E-state index contributed by atoms with van der Waals surface area (Å²) in [7, 11) is 1.81. The lowest BCUT2D eigenvalue weighted by Gasteiger charge is -2.22. The lowest BCUT2D eigenvalue weighted by molar-refractivity contribution is -0.122. The van der Waals surface area contributed by atoms with Crippen LogP contribution >= 0.6 is 23.2 Å². The smallest absolute Gasteiger partial charge is 0.234 e. The van der Waals surface area contributed by atoms with Crippen molar-refractivity contribution in [3.8, 4) is 0 Å². The Bertz CT molecular complexity index is 396. The highest BCUT2D eigenvalue weighted by Crippen LogP contribution is 2.26. The maximum atomic E-state index is 11.0. The molecule has 1 atom stereocenters. The number of benzene rings is 1. The highest BCUT2D eigenvalue weighted by Gasteiger charge is 2.16. The lowest BCUT2D eigenvalue weighted by Crippen LogP contribution is -2.39. The zero-order valence-corrected chi connectivity index (χ0v) is 10.7. The monoisotopic (exact) mass is 260 g/mol. The number of nitrogens with zero attached hydrogens (tertiary/aromatic N) is 1. The van der Waals surface area contributed by atoms with Crippen molar-refractivity contribution < 1.29 is 4.79 Å². The highest BCUT2D eigenvalue weighted by molar-refractivity contribution is 6.42. The second-order valence-corrected chi connectivity index (χ2v) is 4.49. The Morgan fingerprint density at radius 3 is 2.69 bits per heavy atom. The Morgan fingerprint density at radius 1 is 1.50 bits per heavy atom. The van der Waals surface area contributed by atoms with Gasteiger partial charge in [-0.25, -0.2) is 0 Å².